The van der Waals surface area contributed by atoms with Gasteiger partial charge >= 0.3 is 7.25 Å². The summed E-state index contributed by atoms with van der Waals surface area (Å²) in [6.45, 7) is 3.10. The molecule has 1 aliphatic heterocycles. The summed E-state index contributed by atoms with van der Waals surface area (Å²) in [5.74, 6) is 1.74. The number of ether oxygens (including phenoxy) is 1. The molecule has 9 heteroatoms. The van der Waals surface area contributed by atoms with Crippen molar-refractivity contribution in [3.63, 3.8) is 0 Å². The van der Waals surface area contributed by atoms with Crippen LogP contribution < -0.4 is 14.2 Å². The second-order valence-corrected chi connectivity index (χ2v) is 9.77. The summed E-state index contributed by atoms with van der Waals surface area (Å²) in [5, 5.41) is 1.19. The van der Waals surface area contributed by atoms with E-state index in [1.54, 1.807) is 11.3 Å². The molecule has 0 unspecified atom stereocenters. The zero-order valence-corrected chi connectivity index (χ0v) is 22.1. The third-order valence-corrected chi connectivity index (χ3v) is 6.92. The largest absolute Gasteiger partial charge is 0.673 e. The molecule has 3 nitrogen and oxygen atoms in total. The Morgan fingerprint density at radius 3 is 2.24 bits per heavy atom. The van der Waals surface area contributed by atoms with Crippen molar-refractivity contribution in [3.05, 3.63) is 107 Å². The molecule has 38 heavy (non-hydrogen) atoms. The summed E-state index contributed by atoms with van der Waals surface area (Å²) in [6.07, 6.45) is 8.64. The van der Waals surface area contributed by atoms with Crippen LogP contribution >= 0.6 is 11.3 Å². The molecule has 0 N–H and O–H groups in total. The molecule has 196 valence electrons. The van der Waals surface area contributed by atoms with Gasteiger partial charge in [-0.2, -0.15) is 4.57 Å². The van der Waals surface area contributed by atoms with E-state index in [0.29, 0.717) is 0 Å². The number of fused-ring (bicyclic) bond motifs is 2. The van der Waals surface area contributed by atoms with E-state index < -0.39 is 7.25 Å². The van der Waals surface area contributed by atoms with Gasteiger partial charge in [0, 0.05) is 31.4 Å². The standard InChI is InChI=1S/C29H27N2OS.BF4/c1-4-31-26-10-6-8-12-28(26)33-29(31)20-24-19-22(25-9-5-7-11-27(25)32-24)16-13-21-14-17-23(18-15-21)30(2)3;2-1(3,4)5/h5-20H,4H2,1-3H3;/q+1;-1. The number of allylic oxidation sites excluding steroid dienone is 3. The number of halogens is 4. The zero-order valence-electron chi connectivity index (χ0n) is 21.2. The molecule has 0 aliphatic carbocycles. The van der Waals surface area contributed by atoms with Crippen molar-refractivity contribution in [2.45, 2.75) is 13.5 Å². The van der Waals surface area contributed by atoms with E-state index in [9.17, 15) is 17.3 Å². The molecule has 0 bridgehead atoms. The van der Waals surface area contributed by atoms with Crippen LogP contribution in [0.3, 0.4) is 0 Å². The average Bonchev–Trinajstić information content (AvgIpc) is 3.23. The van der Waals surface area contributed by atoms with Gasteiger partial charge in [-0.1, -0.05) is 66.0 Å². The Morgan fingerprint density at radius 1 is 0.895 bits per heavy atom. The van der Waals surface area contributed by atoms with Crippen LogP contribution in [0.15, 0.2) is 90.7 Å². The monoisotopic (exact) mass is 538 g/mol. The van der Waals surface area contributed by atoms with Gasteiger partial charge in [0.05, 0.1) is 6.08 Å². The third kappa shape index (κ3) is 6.92. The first kappa shape index (κ1) is 27.2. The second-order valence-electron chi connectivity index (χ2n) is 8.71. The molecule has 3 aromatic carbocycles. The zero-order chi connectivity index (χ0) is 27.3. The number of aromatic nitrogens is 1. The van der Waals surface area contributed by atoms with Crippen LogP contribution in [0, 0.1) is 0 Å². The number of rotatable bonds is 5. The van der Waals surface area contributed by atoms with Crippen molar-refractivity contribution in [2.24, 2.45) is 0 Å². The third-order valence-electron chi connectivity index (χ3n) is 5.81. The number of benzene rings is 3. The Bertz CT molecular complexity index is 1500. The van der Waals surface area contributed by atoms with Crippen LogP contribution in [-0.4, -0.2) is 21.3 Å². The van der Waals surface area contributed by atoms with E-state index in [2.05, 4.69) is 115 Å². The molecule has 0 amide bonds. The van der Waals surface area contributed by atoms with E-state index in [1.165, 1.54) is 26.5 Å². The summed E-state index contributed by atoms with van der Waals surface area (Å²) in [6, 6.07) is 25.4. The Morgan fingerprint density at radius 2 is 1.55 bits per heavy atom. The first-order valence-electron chi connectivity index (χ1n) is 12.1. The maximum absolute atomic E-state index is 9.75. The number of para-hydroxylation sites is 2. The molecular formula is C29H27BF4N2OS. The lowest BCUT2D eigenvalue weighted by Gasteiger charge is -2.18. The number of nitrogens with zero attached hydrogens (tertiary/aromatic N) is 2. The number of hydrogen-bond donors (Lipinski definition) is 0. The van der Waals surface area contributed by atoms with Crippen LogP contribution in [0.2, 0.25) is 0 Å². The summed E-state index contributed by atoms with van der Waals surface area (Å²) < 4.78 is 48.9. The Hall–Kier alpha value is -3.85. The quantitative estimate of drug-likeness (QED) is 0.145. The molecule has 1 aliphatic rings. The fraction of sp³-hybridized carbons (Fsp3) is 0.138. The van der Waals surface area contributed by atoms with Gasteiger partial charge < -0.3 is 26.9 Å². The normalized spacial score (nSPS) is 14.1. The van der Waals surface area contributed by atoms with E-state index in [0.717, 1.165) is 29.2 Å². The van der Waals surface area contributed by atoms with Crippen molar-refractivity contribution < 1.29 is 26.6 Å². The van der Waals surface area contributed by atoms with Crippen LogP contribution in [0.4, 0.5) is 23.0 Å². The maximum Gasteiger partial charge on any atom is 0.673 e. The number of anilines is 1. The average molecular weight is 538 g/mol. The van der Waals surface area contributed by atoms with Crippen LogP contribution in [0.25, 0.3) is 27.9 Å². The van der Waals surface area contributed by atoms with Gasteiger partial charge in [-0.15, -0.1) is 0 Å². The SMILES string of the molecule is CC[n+]1c(C=C2C=C(C=Cc3ccc(N(C)C)cc3)c3ccccc3O2)sc2ccccc21.F[B-](F)(F)F. The number of aryl methyl sites for hydroxylation is 1. The topological polar surface area (TPSA) is 16.4 Å². The van der Waals surface area contributed by atoms with Crippen LogP contribution in [0.5, 0.6) is 5.75 Å². The smallest absolute Gasteiger partial charge is 0.456 e. The van der Waals surface area contributed by atoms with Gasteiger partial charge in [-0.05, 0) is 48.4 Å². The highest BCUT2D eigenvalue weighted by molar-refractivity contribution is 7.18. The summed E-state index contributed by atoms with van der Waals surface area (Å²) in [7, 11) is -1.89. The van der Waals surface area contributed by atoms with E-state index in [1.807, 2.05) is 12.1 Å². The second kappa shape index (κ2) is 11.7. The number of hydrogen-bond acceptors (Lipinski definition) is 3. The molecule has 0 radical (unpaired) electrons. The van der Waals surface area contributed by atoms with Crippen molar-refractivity contribution in [1.29, 1.82) is 0 Å². The van der Waals surface area contributed by atoms with Gasteiger partial charge in [-0.25, -0.2) is 0 Å². The highest BCUT2D eigenvalue weighted by Gasteiger charge is 2.21. The van der Waals surface area contributed by atoms with E-state index >= 15 is 0 Å². The highest BCUT2D eigenvalue weighted by atomic mass is 32.1. The van der Waals surface area contributed by atoms with E-state index in [-0.39, 0.29) is 0 Å². The molecule has 1 aromatic heterocycles. The van der Waals surface area contributed by atoms with Gasteiger partial charge in [0.2, 0.25) is 5.52 Å². The molecule has 0 spiro atoms. The lowest BCUT2D eigenvalue weighted by Crippen LogP contribution is -2.33. The first-order valence-corrected chi connectivity index (χ1v) is 12.9. The summed E-state index contributed by atoms with van der Waals surface area (Å²) in [5.41, 5.74) is 5.88. The van der Waals surface area contributed by atoms with Crippen LogP contribution in [0.1, 0.15) is 23.1 Å². The minimum Gasteiger partial charge on any atom is -0.456 e. The number of thiazole rings is 1. The predicted molar refractivity (Wildman–Crippen MR) is 151 cm³/mol. The molecule has 0 atom stereocenters. The molecule has 2 heterocycles. The summed E-state index contributed by atoms with van der Waals surface area (Å²) >= 11 is 1.79. The molecule has 0 saturated heterocycles. The van der Waals surface area contributed by atoms with Crippen molar-refractivity contribution in [1.82, 2.24) is 0 Å². The van der Waals surface area contributed by atoms with Gasteiger partial charge in [0.25, 0.3) is 5.01 Å². The Labute approximate surface area is 223 Å². The highest BCUT2D eigenvalue weighted by Crippen LogP contribution is 2.35. The molecule has 4 aromatic rings. The first-order chi connectivity index (χ1) is 18.1. The predicted octanol–water partition coefficient (Wildman–Crippen LogP) is 8.11. The van der Waals surface area contributed by atoms with Gasteiger partial charge in [0.15, 0.2) is 0 Å². The molecule has 5 rings (SSSR count). The maximum atomic E-state index is 9.75. The van der Waals surface area contributed by atoms with Gasteiger partial charge in [0.1, 0.15) is 22.8 Å². The lowest BCUT2D eigenvalue weighted by atomic mass is 10.00. The Kier molecular flexibility index (Phi) is 8.37. The minimum absolute atomic E-state index is 0.852. The fourth-order valence-electron chi connectivity index (χ4n) is 4.07. The fourth-order valence-corrected chi connectivity index (χ4v) is 5.24. The van der Waals surface area contributed by atoms with Crippen molar-refractivity contribution in [3.8, 4) is 5.75 Å². The van der Waals surface area contributed by atoms with E-state index in [4.69, 9.17) is 4.74 Å². The van der Waals surface area contributed by atoms with Crippen molar-refractivity contribution >= 4 is 52.2 Å². The molecule has 0 fully saturated rings. The lowest BCUT2D eigenvalue weighted by molar-refractivity contribution is -0.665. The molecule has 0 saturated carbocycles. The Balaban J connectivity index is 0.000000617. The summed E-state index contributed by atoms with van der Waals surface area (Å²) in [4.78, 5) is 2.11. The molecular weight excluding hydrogens is 511 g/mol. The minimum atomic E-state index is -6.00. The van der Waals surface area contributed by atoms with Crippen molar-refractivity contribution in [2.75, 3.05) is 19.0 Å². The van der Waals surface area contributed by atoms with Crippen LogP contribution in [-0.2, 0) is 6.54 Å². The van der Waals surface area contributed by atoms with Gasteiger partial charge in [-0.3, -0.25) is 0 Å².